The van der Waals surface area contributed by atoms with Crippen molar-refractivity contribution in [2.45, 2.75) is 5.92 Å². The SMILES string of the molecule is COc1ccccc1[C@@H]1[C@@]2(C#N)CN(c3ccccc3)C[C@]1(C#N)C(=S)N1CN(c3ccccc3)CN=C12. The fraction of sp³-hybridized carbons (Fsp3) is 0.267. The van der Waals surface area contributed by atoms with Crippen LogP contribution >= 0.6 is 12.2 Å². The zero-order valence-electron chi connectivity index (χ0n) is 21.0. The van der Waals surface area contributed by atoms with E-state index in [4.69, 9.17) is 21.9 Å². The van der Waals surface area contributed by atoms with E-state index in [2.05, 4.69) is 21.9 Å². The number of benzene rings is 3. The summed E-state index contributed by atoms with van der Waals surface area (Å²) in [7, 11) is 1.62. The van der Waals surface area contributed by atoms with Crippen molar-refractivity contribution in [1.29, 1.82) is 10.5 Å². The molecule has 8 heteroatoms. The molecule has 7 nitrogen and oxygen atoms in total. The van der Waals surface area contributed by atoms with E-state index in [0.717, 1.165) is 16.9 Å². The van der Waals surface area contributed by atoms with Crippen molar-refractivity contribution in [3.05, 3.63) is 90.5 Å². The quantitative estimate of drug-likeness (QED) is 0.459. The van der Waals surface area contributed by atoms with Gasteiger partial charge in [0.1, 0.15) is 34.1 Å². The number of ether oxygens (including phenoxy) is 1. The highest BCUT2D eigenvalue weighted by Crippen LogP contribution is 2.60. The van der Waals surface area contributed by atoms with Crippen molar-refractivity contribution in [2.24, 2.45) is 15.8 Å². The van der Waals surface area contributed by atoms with Crippen LogP contribution in [-0.4, -0.2) is 49.3 Å². The summed E-state index contributed by atoms with van der Waals surface area (Å²) in [6, 6.07) is 32.9. The van der Waals surface area contributed by atoms with E-state index in [0.29, 0.717) is 43.0 Å². The molecule has 0 N–H and O–H groups in total. The Kier molecular flexibility index (Phi) is 5.78. The summed E-state index contributed by atoms with van der Waals surface area (Å²) in [5, 5.41) is 22.1. The molecule has 0 aromatic heterocycles. The summed E-state index contributed by atoms with van der Waals surface area (Å²) < 4.78 is 5.76. The van der Waals surface area contributed by atoms with E-state index in [9.17, 15) is 10.5 Å². The first-order valence-corrected chi connectivity index (χ1v) is 12.9. The Labute approximate surface area is 227 Å². The molecule has 188 valence electrons. The van der Waals surface area contributed by atoms with Crippen LogP contribution in [0.2, 0.25) is 0 Å². The summed E-state index contributed by atoms with van der Waals surface area (Å²) in [6.45, 7) is 1.56. The van der Waals surface area contributed by atoms with Crippen LogP contribution in [-0.2, 0) is 0 Å². The molecule has 3 atom stereocenters. The number of nitriles is 2. The van der Waals surface area contributed by atoms with E-state index in [1.807, 2.05) is 89.8 Å². The molecule has 3 aliphatic rings. The van der Waals surface area contributed by atoms with Crippen LogP contribution in [0.4, 0.5) is 11.4 Å². The van der Waals surface area contributed by atoms with Crippen LogP contribution in [0.5, 0.6) is 5.75 Å². The maximum Gasteiger partial charge on any atom is 0.141 e. The molecule has 2 bridgehead atoms. The zero-order chi connectivity index (χ0) is 26.3. The van der Waals surface area contributed by atoms with Gasteiger partial charge in [-0.15, -0.1) is 0 Å². The molecule has 0 saturated carbocycles. The zero-order valence-corrected chi connectivity index (χ0v) is 21.8. The number of anilines is 2. The van der Waals surface area contributed by atoms with Gasteiger partial charge >= 0.3 is 0 Å². The molecule has 3 aromatic rings. The van der Waals surface area contributed by atoms with Crippen molar-refractivity contribution in [2.75, 3.05) is 43.3 Å². The molecule has 3 heterocycles. The van der Waals surface area contributed by atoms with Crippen molar-refractivity contribution in [1.82, 2.24) is 4.90 Å². The Morgan fingerprint density at radius 2 is 1.42 bits per heavy atom. The van der Waals surface area contributed by atoms with Crippen molar-refractivity contribution < 1.29 is 4.74 Å². The first-order chi connectivity index (χ1) is 18.6. The van der Waals surface area contributed by atoms with Crippen molar-refractivity contribution in [3.8, 4) is 17.9 Å². The number of methoxy groups -OCH3 is 1. The third kappa shape index (κ3) is 3.38. The van der Waals surface area contributed by atoms with Gasteiger partial charge in [-0.3, -0.25) is 0 Å². The molecule has 2 saturated heterocycles. The molecule has 0 unspecified atom stereocenters. The lowest BCUT2D eigenvalue weighted by atomic mass is 9.53. The second kappa shape index (κ2) is 9.16. The number of fused-ring (bicyclic) bond motifs is 4. The molecular formula is C30H26N6OS. The number of thiocarbonyl (C=S) groups is 1. The minimum Gasteiger partial charge on any atom is -0.496 e. The van der Waals surface area contributed by atoms with E-state index < -0.39 is 16.7 Å². The highest BCUT2D eigenvalue weighted by Gasteiger charge is 2.68. The average Bonchev–Trinajstić information content (AvgIpc) is 3.00. The van der Waals surface area contributed by atoms with Crippen LogP contribution in [0, 0.1) is 33.5 Å². The molecule has 0 spiro atoms. The summed E-state index contributed by atoms with van der Waals surface area (Å²) in [5.74, 6) is 0.718. The van der Waals surface area contributed by atoms with Crippen LogP contribution in [0.1, 0.15) is 11.5 Å². The molecule has 3 aromatic carbocycles. The van der Waals surface area contributed by atoms with E-state index in [-0.39, 0.29) is 0 Å². The number of piperidine rings is 2. The summed E-state index contributed by atoms with van der Waals surface area (Å²) in [5.41, 5.74) is 0.457. The standard InChI is InChI=1S/C30H26N6OS/c1-37-25-15-9-8-14-24(25)26-29(16-31)18-34(22-10-4-2-5-11-22)19-30(26,17-32)28(38)36-21-35(20-33-27(29)36)23-12-6-3-7-13-23/h2-15,26H,18-21H2,1H3/t26-,29-,30+/m1/s1. The van der Waals surface area contributed by atoms with Gasteiger partial charge in [0.05, 0.1) is 25.9 Å². The molecule has 3 aliphatic heterocycles. The van der Waals surface area contributed by atoms with Crippen molar-refractivity contribution in [3.63, 3.8) is 0 Å². The van der Waals surface area contributed by atoms with Gasteiger partial charge in [-0.05, 0) is 30.3 Å². The lowest BCUT2D eigenvalue weighted by molar-refractivity contribution is 0.202. The first kappa shape index (κ1) is 24.0. The predicted molar refractivity (Wildman–Crippen MR) is 151 cm³/mol. The van der Waals surface area contributed by atoms with E-state index in [1.165, 1.54) is 0 Å². The second-order valence-electron chi connectivity index (χ2n) is 9.91. The number of hydrogen-bond acceptors (Lipinski definition) is 7. The number of amidine groups is 1. The highest BCUT2D eigenvalue weighted by atomic mass is 32.1. The maximum atomic E-state index is 11.1. The average molecular weight is 519 g/mol. The second-order valence-corrected chi connectivity index (χ2v) is 10.3. The molecule has 0 aliphatic carbocycles. The van der Waals surface area contributed by atoms with Gasteiger partial charge in [-0.25, -0.2) is 4.99 Å². The molecule has 0 amide bonds. The van der Waals surface area contributed by atoms with E-state index in [1.54, 1.807) is 7.11 Å². The van der Waals surface area contributed by atoms with Gasteiger partial charge in [0.2, 0.25) is 0 Å². The molecule has 38 heavy (non-hydrogen) atoms. The summed E-state index contributed by atoms with van der Waals surface area (Å²) >= 11 is 6.20. The van der Waals surface area contributed by atoms with Crippen LogP contribution in [0.15, 0.2) is 89.9 Å². The van der Waals surface area contributed by atoms with Gasteiger partial charge < -0.3 is 19.4 Å². The van der Waals surface area contributed by atoms with Gasteiger partial charge in [0.25, 0.3) is 0 Å². The lowest BCUT2D eigenvalue weighted by Crippen LogP contribution is -2.73. The smallest absolute Gasteiger partial charge is 0.141 e. The summed E-state index contributed by atoms with van der Waals surface area (Å²) in [6.07, 6.45) is 0. The molecule has 6 rings (SSSR count). The normalized spacial score (nSPS) is 26.1. The maximum absolute atomic E-state index is 11.1. The minimum atomic E-state index is -1.17. The van der Waals surface area contributed by atoms with E-state index >= 15 is 0 Å². The van der Waals surface area contributed by atoms with Crippen molar-refractivity contribution >= 4 is 34.4 Å². The first-order valence-electron chi connectivity index (χ1n) is 12.5. The lowest BCUT2D eigenvalue weighted by Gasteiger charge is -2.61. The topological polar surface area (TPSA) is 78.9 Å². The highest BCUT2D eigenvalue weighted by molar-refractivity contribution is 7.80. The summed E-state index contributed by atoms with van der Waals surface area (Å²) in [4.78, 5) is 11.7. The van der Waals surface area contributed by atoms with Crippen LogP contribution in [0.3, 0.4) is 0 Å². The molecule has 2 fully saturated rings. The van der Waals surface area contributed by atoms with Gasteiger partial charge in [0, 0.05) is 35.9 Å². The molecule has 0 radical (unpaired) electrons. The predicted octanol–water partition coefficient (Wildman–Crippen LogP) is 4.80. The number of nitrogens with zero attached hydrogens (tertiary/aromatic N) is 6. The fourth-order valence-corrected chi connectivity index (χ4v) is 6.68. The number of aliphatic imine (C=N–C) groups is 1. The Balaban J connectivity index is 1.58. The third-order valence-electron chi connectivity index (χ3n) is 7.94. The number of rotatable bonds is 4. The Bertz CT molecular complexity index is 1500. The monoisotopic (exact) mass is 518 g/mol. The van der Waals surface area contributed by atoms with Gasteiger partial charge in [0.15, 0.2) is 0 Å². The van der Waals surface area contributed by atoms with Crippen LogP contribution < -0.4 is 14.5 Å². The minimum absolute atomic E-state index is 0.355. The molecular weight excluding hydrogens is 492 g/mol. The number of hydrogen-bond donors (Lipinski definition) is 0. The third-order valence-corrected chi connectivity index (χ3v) is 8.53. The van der Waals surface area contributed by atoms with Crippen LogP contribution in [0.25, 0.3) is 0 Å². The Morgan fingerprint density at radius 1 is 0.842 bits per heavy atom. The van der Waals surface area contributed by atoms with Gasteiger partial charge in [-0.2, -0.15) is 10.5 Å². The fourth-order valence-electron chi connectivity index (χ4n) is 6.31. The Morgan fingerprint density at radius 3 is 2.05 bits per heavy atom. The number of para-hydroxylation sites is 3. The largest absolute Gasteiger partial charge is 0.496 e. The Hall–Kier alpha value is -4.40. The van der Waals surface area contributed by atoms with Gasteiger partial charge in [-0.1, -0.05) is 66.8 Å².